The Morgan fingerprint density at radius 2 is 1.82 bits per heavy atom. The number of ether oxygens (including phenoxy) is 1. The molecule has 1 fully saturated rings. The van der Waals surface area contributed by atoms with Crippen LogP contribution in [-0.4, -0.2) is 65.3 Å². The molecule has 1 aromatic rings. The van der Waals surface area contributed by atoms with Gasteiger partial charge in [0.25, 0.3) is 0 Å². The van der Waals surface area contributed by atoms with Crippen LogP contribution in [0, 0.1) is 15.7 Å². The Morgan fingerprint density at radius 1 is 1.16 bits per heavy atom. The Labute approximate surface area is 231 Å². The highest BCUT2D eigenvalue weighted by molar-refractivity contribution is 8.00. The van der Waals surface area contributed by atoms with Crippen LogP contribution < -0.4 is 18.9 Å². The predicted molar refractivity (Wildman–Crippen MR) is 140 cm³/mol. The number of fused-ring (bicyclic) bond motifs is 1. The molecule has 210 valence electrons. The van der Waals surface area contributed by atoms with Crippen molar-refractivity contribution in [2.24, 2.45) is 5.41 Å². The third-order valence-corrected chi connectivity index (χ3v) is 7.81. The standard InChI is InChI=1S/C27H37N3O2S.ClHO4/c1-5-30-23-11-7-8-12-24(23)33-25(30)13-9-10-21-18-22(20-27(3,4)19-21)28-14-16-29(17-15-28)26(31)32-6-2;2-1(3,4)5/h7-13,18,25H,5-6,14-17,19-20H2,1-4H3;(H,2,3,4,5). The largest absolute Gasteiger partial charge is 0.450 e. The van der Waals surface area contributed by atoms with E-state index in [1.807, 2.05) is 23.6 Å². The molecule has 3 aliphatic rings. The van der Waals surface area contributed by atoms with Crippen LogP contribution in [0.25, 0.3) is 0 Å². The van der Waals surface area contributed by atoms with Gasteiger partial charge in [0.1, 0.15) is 0 Å². The predicted octanol–water partition coefficient (Wildman–Crippen LogP) is 1.78. The third kappa shape index (κ3) is 8.93. The van der Waals surface area contributed by atoms with E-state index in [2.05, 4.69) is 79.1 Å². The monoisotopic (exact) mass is 567 g/mol. The molecule has 1 unspecified atom stereocenters. The molecule has 0 saturated carbocycles. The van der Waals surface area contributed by atoms with Gasteiger partial charge in [-0.25, -0.2) is 4.79 Å². The number of nitrogens with zero attached hydrogens (tertiary/aromatic N) is 3. The molecule has 4 rings (SSSR count). The fraction of sp³-hybridized carbons (Fsp3) is 0.519. The van der Waals surface area contributed by atoms with Crippen molar-refractivity contribution in [1.82, 2.24) is 9.80 Å². The number of amides is 1. The summed E-state index contributed by atoms with van der Waals surface area (Å²) in [6, 6.07) is 8.68. The summed E-state index contributed by atoms with van der Waals surface area (Å²) < 4.78 is 37.9. The minimum atomic E-state index is -4.69. The number of benzene rings is 1. The molecule has 2 heterocycles. The number of allylic oxidation sites excluding steroid dienone is 5. The van der Waals surface area contributed by atoms with Gasteiger partial charge in [0.15, 0.2) is 0 Å². The highest BCUT2D eigenvalue weighted by Crippen LogP contribution is 2.43. The summed E-state index contributed by atoms with van der Waals surface area (Å²) in [6.07, 6.45) is 11.2. The SMILES string of the molecule is CCOC(=O)N1CCN(C2=CC(=CC=CC3Sc4ccccc4N3CC)CC(C)(C)C2)CC1.[O-][Cl+3]([O-])([O-])O. The van der Waals surface area contributed by atoms with Crippen molar-refractivity contribution in [3.63, 3.8) is 0 Å². The number of hydrogen-bond donors (Lipinski definition) is 1. The number of rotatable bonds is 5. The molecule has 1 aliphatic carbocycles. The summed E-state index contributed by atoms with van der Waals surface area (Å²) in [5.74, 6) is 0. The number of anilines is 1. The minimum absolute atomic E-state index is 0.186. The van der Waals surface area contributed by atoms with Crippen LogP contribution in [0.5, 0.6) is 0 Å². The van der Waals surface area contributed by atoms with E-state index in [1.165, 1.54) is 21.9 Å². The quantitative estimate of drug-likeness (QED) is 0.566. The molecule has 38 heavy (non-hydrogen) atoms. The lowest BCUT2D eigenvalue weighted by Gasteiger charge is -2.41. The number of piperazine rings is 1. The van der Waals surface area contributed by atoms with Gasteiger partial charge in [0.05, 0.1) is 32.6 Å². The maximum absolute atomic E-state index is 12.0. The molecule has 0 radical (unpaired) electrons. The molecule has 1 saturated heterocycles. The van der Waals surface area contributed by atoms with Gasteiger partial charge in [-0.3, -0.25) is 0 Å². The minimum Gasteiger partial charge on any atom is -0.450 e. The lowest BCUT2D eigenvalue weighted by molar-refractivity contribution is -1.92. The van der Waals surface area contributed by atoms with E-state index < -0.39 is 10.2 Å². The Morgan fingerprint density at radius 3 is 2.45 bits per heavy atom. The van der Waals surface area contributed by atoms with Crippen LogP contribution >= 0.6 is 11.8 Å². The van der Waals surface area contributed by atoms with Crippen molar-refractivity contribution in [2.75, 3.05) is 44.2 Å². The van der Waals surface area contributed by atoms with Crippen molar-refractivity contribution in [1.29, 1.82) is 0 Å². The van der Waals surface area contributed by atoms with Crippen LogP contribution in [0.2, 0.25) is 0 Å². The zero-order valence-corrected chi connectivity index (χ0v) is 24.0. The van der Waals surface area contributed by atoms with E-state index in [4.69, 9.17) is 23.4 Å². The molecule has 0 spiro atoms. The number of carbonyl (C=O) groups excluding carboxylic acids is 1. The van der Waals surface area contributed by atoms with Gasteiger partial charge < -0.3 is 19.4 Å². The molecular weight excluding hydrogens is 530 g/mol. The first kappa shape index (κ1) is 30.3. The fourth-order valence-corrected chi connectivity index (χ4v) is 6.30. The number of hydrogen-bond acceptors (Lipinski definition) is 9. The number of halogens is 1. The van der Waals surface area contributed by atoms with Crippen LogP contribution in [0.4, 0.5) is 10.5 Å². The topological polar surface area (TPSA) is 125 Å². The Bertz CT molecular complexity index is 1040. The fourth-order valence-electron chi connectivity index (χ4n) is 5.02. The molecule has 1 atom stereocenters. The zero-order valence-electron chi connectivity index (χ0n) is 22.5. The average Bonchev–Trinajstić information content (AvgIpc) is 3.19. The second kappa shape index (κ2) is 13.2. The van der Waals surface area contributed by atoms with Gasteiger partial charge in [0, 0.05) is 43.3 Å². The van der Waals surface area contributed by atoms with E-state index in [-0.39, 0.29) is 11.5 Å². The number of likely N-dealkylation sites (N-methyl/N-ethyl adjacent to an activating group) is 1. The zero-order chi connectivity index (χ0) is 27.9. The second-order valence-electron chi connectivity index (χ2n) is 10.1. The summed E-state index contributed by atoms with van der Waals surface area (Å²) >= 11 is 1.93. The first-order chi connectivity index (χ1) is 17.9. The van der Waals surface area contributed by atoms with Crippen molar-refractivity contribution in [3.05, 3.63) is 59.8 Å². The van der Waals surface area contributed by atoms with E-state index in [0.29, 0.717) is 12.0 Å². The van der Waals surface area contributed by atoms with Gasteiger partial charge >= 0.3 is 6.09 Å². The summed E-state index contributed by atoms with van der Waals surface area (Å²) in [4.78, 5) is 20.1. The maximum Gasteiger partial charge on any atom is 0.409 e. The van der Waals surface area contributed by atoms with E-state index >= 15 is 0 Å². The smallest absolute Gasteiger partial charge is 0.409 e. The first-order valence-electron chi connectivity index (χ1n) is 12.8. The molecule has 1 amide bonds. The number of thioether (sulfide) groups is 1. The molecule has 0 bridgehead atoms. The Balaban J connectivity index is 0.000000732. The Hall–Kier alpha value is -2.21. The second-order valence-corrected chi connectivity index (χ2v) is 12.1. The van der Waals surface area contributed by atoms with Crippen molar-refractivity contribution in [3.8, 4) is 0 Å². The number of carbonyl (C=O) groups is 1. The normalized spacial score (nSPS) is 22.2. The molecular formula is C27H38ClN3O6S. The lowest BCUT2D eigenvalue weighted by Crippen LogP contribution is -2.58. The molecule has 1 N–H and O–H groups in total. The molecule has 9 nitrogen and oxygen atoms in total. The highest BCUT2D eigenvalue weighted by Gasteiger charge is 2.31. The highest BCUT2D eigenvalue weighted by atomic mass is 35.7. The van der Waals surface area contributed by atoms with Crippen molar-refractivity contribution >= 4 is 23.5 Å². The van der Waals surface area contributed by atoms with Crippen LogP contribution in [0.1, 0.15) is 40.5 Å². The summed E-state index contributed by atoms with van der Waals surface area (Å²) in [5.41, 5.74) is 4.35. The summed E-state index contributed by atoms with van der Waals surface area (Å²) in [6.45, 7) is 13.4. The maximum atomic E-state index is 12.0. The van der Waals surface area contributed by atoms with Gasteiger partial charge in [-0.15, -0.1) is 0 Å². The summed E-state index contributed by atoms with van der Waals surface area (Å²) in [7, 11) is -4.69. The van der Waals surface area contributed by atoms with Crippen LogP contribution in [0.3, 0.4) is 0 Å². The van der Waals surface area contributed by atoms with E-state index in [0.717, 1.165) is 45.6 Å². The van der Waals surface area contributed by atoms with E-state index in [1.54, 1.807) is 0 Å². The van der Waals surface area contributed by atoms with E-state index in [9.17, 15) is 4.79 Å². The van der Waals surface area contributed by atoms with Gasteiger partial charge in [0.2, 0.25) is 0 Å². The van der Waals surface area contributed by atoms with Crippen molar-refractivity contribution < 1.29 is 38.4 Å². The summed E-state index contributed by atoms with van der Waals surface area (Å²) in [5, 5.41) is 0.347. The molecule has 0 aromatic heterocycles. The van der Waals surface area contributed by atoms with Crippen LogP contribution in [-0.2, 0) is 4.74 Å². The third-order valence-electron chi connectivity index (χ3n) is 6.56. The molecule has 1 aromatic carbocycles. The lowest BCUT2D eigenvalue weighted by atomic mass is 9.76. The molecule has 11 heteroatoms. The van der Waals surface area contributed by atoms with Gasteiger partial charge in [-0.05, 0) is 55.9 Å². The van der Waals surface area contributed by atoms with Gasteiger partial charge in [-0.1, -0.05) is 56.0 Å². The average molecular weight is 568 g/mol. The molecule has 2 aliphatic heterocycles. The Kier molecular flexibility index (Phi) is 10.6. The van der Waals surface area contributed by atoms with Crippen LogP contribution in [0.15, 0.2) is 64.7 Å². The van der Waals surface area contributed by atoms with Crippen molar-refractivity contribution in [2.45, 2.75) is 50.8 Å². The number of para-hydroxylation sites is 1. The first-order valence-corrected chi connectivity index (χ1v) is 14.9. The van der Waals surface area contributed by atoms with Gasteiger partial charge in [-0.2, -0.15) is 14.0 Å².